The number of nitrogens with one attached hydrogen (secondary N) is 2. The Bertz CT molecular complexity index is 433. The van der Waals surface area contributed by atoms with Gasteiger partial charge in [-0.05, 0) is 32.1 Å². The molecule has 23 heavy (non-hydrogen) atoms. The maximum Gasteiger partial charge on any atom is 0.239 e. The maximum absolute atomic E-state index is 12.1. The Morgan fingerprint density at radius 2 is 1.96 bits per heavy atom. The Labute approximate surface area is 138 Å². The summed E-state index contributed by atoms with van der Waals surface area (Å²) < 4.78 is 5.85. The quantitative estimate of drug-likeness (QED) is 0.649. The summed E-state index contributed by atoms with van der Waals surface area (Å²) in [6, 6.07) is -0.403. The molecule has 1 spiro atoms. The summed E-state index contributed by atoms with van der Waals surface area (Å²) in [6.45, 7) is 6.50. The van der Waals surface area contributed by atoms with Gasteiger partial charge in [-0.1, -0.05) is 26.7 Å². The van der Waals surface area contributed by atoms with Crippen LogP contribution in [0, 0.1) is 11.3 Å². The Morgan fingerprint density at radius 1 is 1.30 bits per heavy atom. The van der Waals surface area contributed by atoms with Gasteiger partial charge in [-0.3, -0.25) is 9.59 Å². The number of amides is 2. The van der Waals surface area contributed by atoms with E-state index in [2.05, 4.69) is 10.6 Å². The molecule has 4 N–H and O–H groups in total. The van der Waals surface area contributed by atoms with E-state index in [0.717, 1.165) is 25.9 Å². The normalized spacial score (nSPS) is 26.8. The summed E-state index contributed by atoms with van der Waals surface area (Å²) in [5, 5.41) is 5.71. The van der Waals surface area contributed by atoms with Crippen molar-refractivity contribution in [1.29, 1.82) is 0 Å². The van der Waals surface area contributed by atoms with E-state index in [4.69, 9.17) is 10.5 Å². The van der Waals surface area contributed by atoms with Crippen molar-refractivity contribution in [2.45, 2.75) is 71.1 Å². The zero-order valence-electron chi connectivity index (χ0n) is 14.6. The lowest BCUT2D eigenvalue weighted by molar-refractivity contribution is -0.144. The third kappa shape index (κ3) is 3.86. The number of carbonyl (C=O) groups is 2. The minimum atomic E-state index is -0.574. The van der Waals surface area contributed by atoms with Crippen LogP contribution in [0.15, 0.2) is 0 Å². The highest BCUT2D eigenvalue weighted by Crippen LogP contribution is 2.54. The van der Waals surface area contributed by atoms with Crippen molar-refractivity contribution in [3.8, 4) is 0 Å². The number of hydrogen-bond acceptors (Lipinski definition) is 4. The topological polar surface area (TPSA) is 93.5 Å². The molecule has 2 unspecified atom stereocenters. The molecule has 6 nitrogen and oxygen atoms in total. The van der Waals surface area contributed by atoms with Crippen LogP contribution in [-0.2, 0) is 14.3 Å². The second-order valence-electron chi connectivity index (χ2n) is 7.23. The summed E-state index contributed by atoms with van der Waals surface area (Å²) >= 11 is 0. The van der Waals surface area contributed by atoms with Gasteiger partial charge in [0.1, 0.15) is 0 Å². The highest BCUT2D eigenvalue weighted by molar-refractivity contribution is 5.87. The van der Waals surface area contributed by atoms with Crippen LogP contribution in [0.2, 0.25) is 0 Å². The van der Waals surface area contributed by atoms with E-state index in [9.17, 15) is 9.59 Å². The van der Waals surface area contributed by atoms with Crippen molar-refractivity contribution < 1.29 is 14.3 Å². The first-order chi connectivity index (χ1) is 10.9. The lowest BCUT2D eigenvalue weighted by atomic mass is 9.60. The second-order valence-corrected chi connectivity index (χ2v) is 7.23. The third-order valence-corrected chi connectivity index (χ3v) is 5.47. The van der Waals surface area contributed by atoms with Crippen molar-refractivity contribution in [2.24, 2.45) is 17.1 Å². The molecule has 3 atom stereocenters. The Morgan fingerprint density at radius 3 is 2.52 bits per heavy atom. The lowest BCUT2D eigenvalue weighted by Crippen LogP contribution is -2.64. The second kappa shape index (κ2) is 7.62. The van der Waals surface area contributed by atoms with Crippen LogP contribution in [0.1, 0.15) is 52.9 Å². The van der Waals surface area contributed by atoms with Crippen LogP contribution in [0.5, 0.6) is 0 Å². The van der Waals surface area contributed by atoms with Crippen molar-refractivity contribution in [3.63, 3.8) is 0 Å². The average Bonchev–Trinajstić information content (AvgIpc) is 3.03. The number of hydrogen-bond donors (Lipinski definition) is 3. The van der Waals surface area contributed by atoms with Crippen LogP contribution in [-0.4, -0.2) is 43.2 Å². The van der Waals surface area contributed by atoms with Gasteiger partial charge in [0.25, 0.3) is 0 Å². The van der Waals surface area contributed by atoms with E-state index in [0.29, 0.717) is 0 Å². The first-order valence-corrected chi connectivity index (χ1v) is 8.85. The summed E-state index contributed by atoms with van der Waals surface area (Å²) in [4.78, 5) is 23.9. The number of carbonyl (C=O) groups excluding carboxylic acids is 2. The molecule has 2 amide bonds. The first kappa shape index (κ1) is 18.2. The Balaban J connectivity index is 1.80. The van der Waals surface area contributed by atoms with E-state index in [-0.39, 0.29) is 41.8 Å². The fraction of sp³-hybridized carbons (Fsp3) is 0.882. The van der Waals surface area contributed by atoms with Gasteiger partial charge in [0.15, 0.2) is 0 Å². The van der Waals surface area contributed by atoms with Gasteiger partial charge in [-0.25, -0.2) is 0 Å². The van der Waals surface area contributed by atoms with Crippen molar-refractivity contribution in [2.75, 3.05) is 13.2 Å². The van der Waals surface area contributed by atoms with E-state index in [1.165, 1.54) is 12.8 Å². The predicted octanol–water partition coefficient (Wildman–Crippen LogP) is 0.940. The fourth-order valence-electron chi connectivity index (χ4n) is 3.92. The minimum Gasteiger partial charge on any atom is -0.378 e. The molecule has 0 aromatic heterocycles. The fourth-order valence-corrected chi connectivity index (χ4v) is 3.92. The Hall–Kier alpha value is -1.14. The highest BCUT2D eigenvalue weighted by Gasteiger charge is 2.57. The van der Waals surface area contributed by atoms with Gasteiger partial charge in [0.2, 0.25) is 11.8 Å². The molecule has 0 saturated heterocycles. The lowest BCUT2D eigenvalue weighted by Gasteiger charge is -2.54. The number of nitrogens with two attached hydrogens (primary N) is 1. The molecule has 0 aliphatic heterocycles. The zero-order valence-corrected chi connectivity index (χ0v) is 14.6. The molecular formula is C17H31N3O3. The smallest absolute Gasteiger partial charge is 0.239 e. The molecule has 2 aliphatic rings. The molecule has 132 valence electrons. The van der Waals surface area contributed by atoms with Crippen LogP contribution in [0.4, 0.5) is 0 Å². The number of ether oxygens (including phenoxy) is 1. The molecule has 0 aromatic rings. The third-order valence-electron chi connectivity index (χ3n) is 5.47. The molecular weight excluding hydrogens is 294 g/mol. The summed E-state index contributed by atoms with van der Waals surface area (Å²) in [5.74, 6) is -0.356. The molecule has 2 rings (SSSR count). The van der Waals surface area contributed by atoms with Crippen molar-refractivity contribution in [1.82, 2.24) is 10.6 Å². The number of rotatable bonds is 7. The summed E-state index contributed by atoms with van der Waals surface area (Å²) in [7, 11) is 0. The van der Waals surface area contributed by atoms with Crippen LogP contribution >= 0.6 is 0 Å². The van der Waals surface area contributed by atoms with Crippen molar-refractivity contribution in [3.05, 3.63) is 0 Å². The monoisotopic (exact) mass is 325 g/mol. The molecule has 6 heteroatoms. The van der Waals surface area contributed by atoms with Gasteiger partial charge in [0, 0.05) is 18.1 Å². The zero-order chi connectivity index (χ0) is 17.0. The molecule has 0 radical (unpaired) electrons. The van der Waals surface area contributed by atoms with E-state index in [1.807, 2.05) is 20.8 Å². The standard InChI is InChI=1S/C17H31N3O3/c1-4-23-13-9-12(17(13)7-5-6-8-17)20-14(21)10-19-16(22)15(18)11(2)3/h11-13,15H,4-10,18H2,1-3H3,(H,19,22)(H,20,21)/t12?,13?,15-/m0/s1. The summed E-state index contributed by atoms with van der Waals surface area (Å²) in [5.41, 5.74) is 5.89. The van der Waals surface area contributed by atoms with Gasteiger partial charge in [-0.2, -0.15) is 0 Å². The van der Waals surface area contributed by atoms with Crippen LogP contribution in [0.25, 0.3) is 0 Å². The van der Waals surface area contributed by atoms with Gasteiger partial charge in [0.05, 0.1) is 18.7 Å². The molecule has 2 fully saturated rings. The molecule has 2 aliphatic carbocycles. The van der Waals surface area contributed by atoms with Crippen LogP contribution in [0.3, 0.4) is 0 Å². The van der Waals surface area contributed by atoms with Gasteiger partial charge < -0.3 is 21.1 Å². The maximum atomic E-state index is 12.1. The average molecular weight is 325 g/mol. The minimum absolute atomic E-state index is 0.00879. The molecule has 2 saturated carbocycles. The van der Waals surface area contributed by atoms with Crippen LogP contribution < -0.4 is 16.4 Å². The van der Waals surface area contributed by atoms with Crippen molar-refractivity contribution >= 4 is 11.8 Å². The predicted molar refractivity (Wildman–Crippen MR) is 88.7 cm³/mol. The van der Waals surface area contributed by atoms with E-state index < -0.39 is 6.04 Å². The highest BCUT2D eigenvalue weighted by atomic mass is 16.5. The van der Waals surface area contributed by atoms with Gasteiger partial charge >= 0.3 is 0 Å². The van der Waals surface area contributed by atoms with E-state index >= 15 is 0 Å². The SMILES string of the molecule is CCOC1CC(NC(=O)CNC(=O)[C@@H](N)C(C)C)C12CCCC2. The van der Waals surface area contributed by atoms with Gasteiger partial charge in [-0.15, -0.1) is 0 Å². The Kier molecular flexibility index (Phi) is 6.03. The molecule has 0 bridgehead atoms. The summed E-state index contributed by atoms with van der Waals surface area (Å²) in [6.07, 6.45) is 5.79. The first-order valence-electron chi connectivity index (χ1n) is 8.85. The molecule has 0 heterocycles. The molecule has 0 aromatic carbocycles. The van der Waals surface area contributed by atoms with E-state index in [1.54, 1.807) is 0 Å². The largest absolute Gasteiger partial charge is 0.378 e.